The zero-order valence-corrected chi connectivity index (χ0v) is 8.84. The summed E-state index contributed by atoms with van der Waals surface area (Å²) in [6.07, 6.45) is 3.41. The second kappa shape index (κ2) is 3.93. The van der Waals surface area contributed by atoms with E-state index in [0.717, 1.165) is 11.3 Å². The number of H-pyrrole nitrogens is 1. The molecule has 0 unspecified atom stereocenters. The maximum Gasteiger partial charge on any atom is 0.202 e. The molecule has 17 heavy (non-hydrogen) atoms. The van der Waals surface area contributed by atoms with Crippen molar-refractivity contribution in [2.45, 2.75) is 6.54 Å². The van der Waals surface area contributed by atoms with Gasteiger partial charge in [-0.05, 0) is 12.1 Å². The molecule has 0 radical (unpaired) electrons. The summed E-state index contributed by atoms with van der Waals surface area (Å²) in [5, 5.41) is 14.4. The first kappa shape index (κ1) is 9.88. The third-order valence-corrected chi connectivity index (χ3v) is 2.42. The standard InChI is InChI=1S/C10H9FN6/c11-3-4-17-6-7(5-12-17)8-1-2-9-10(13-8)15-16-14-9/h1-2,5-6H,3-4H2,(H,13,14,15,16). The first-order valence-electron chi connectivity index (χ1n) is 5.13. The van der Waals surface area contributed by atoms with Crippen molar-refractivity contribution < 1.29 is 4.39 Å². The number of fused-ring (bicyclic) bond motifs is 1. The second-order valence-electron chi connectivity index (χ2n) is 3.54. The Morgan fingerprint density at radius 3 is 3.12 bits per heavy atom. The monoisotopic (exact) mass is 232 g/mol. The van der Waals surface area contributed by atoms with Gasteiger partial charge in [-0.1, -0.05) is 0 Å². The SMILES string of the molecule is FCCn1cc(-c2ccc3n[nH]nc3n2)cn1. The van der Waals surface area contributed by atoms with Gasteiger partial charge in [-0.3, -0.25) is 4.68 Å². The summed E-state index contributed by atoms with van der Waals surface area (Å²) >= 11 is 0. The molecule has 0 amide bonds. The number of rotatable bonds is 3. The van der Waals surface area contributed by atoms with E-state index < -0.39 is 6.67 Å². The Balaban J connectivity index is 2.00. The van der Waals surface area contributed by atoms with Crippen LogP contribution < -0.4 is 0 Å². The largest absolute Gasteiger partial charge is 0.269 e. The molecule has 0 aliphatic carbocycles. The van der Waals surface area contributed by atoms with Crippen molar-refractivity contribution in [1.29, 1.82) is 0 Å². The van der Waals surface area contributed by atoms with Crippen molar-refractivity contribution in [3.05, 3.63) is 24.5 Å². The summed E-state index contributed by atoms with van der Waals surface area (Å²) in [4.78, 5) is 4.33. The molecular formula is C10H9FN6. The molecule has 86 valence electrons. The van der Waals surface area contributed by atoms with E-state index in [9.17, 15) is 4.39 Å². The highest BCUT2D eigenvalue weighted by atomic mass is 19.1. The van der Waals surface area contributed by atoms with Crippen LogP contribution in [0.5, 0.6) is 0 Å². The Labute approximate surface area is 95.5 Å². The van der Waals surface area contributed by atoms with E-state index in [2.05, 4.69) is 25.5 Å². The summed E-state index contributed by atoms with van der Waals surface area (Å²) in [6.45, 7) is -0.178. The topological polar surface area (TPSA) is 72.3 Å². The van der Waals surface area contributed by atoms with Crippen LogP contribution >= 0.6 is 0 Å². The summed E-state index contributed by atoms with van der Waals surface area (Å²) in [6, 6.07) is 3.66. The number of nitrogens with zero attached hydrogens (tertiary/aromatic N) is 5. The van der Waals surface area contributed by atoms with Crippen LogP contribution in [0.3, 0.4) is 0 Å². The molecule has 3 aromatic heterocycles. The maximum absolute atomic E-state index is 12.2. The van der Waals surface area contributed by atoms with Crippen molar-refractivity contribution in [3.63, 3.8) is 0 Å². The lowest BCUT2D eigenvalue weighted by Gasteiger charge is -1.95. The fourth-order valence-corrected chi connectivity index (χ4v) is 1.60. The Hall–Kier alpha value is -2.31. The van der Waals surface area contributed by atoms with Gasteiger partial charge in [0.2, 0.25) is 5.65 Å². The van der Waals surface area contributed by atoms with Gasteiger partial charge in [0, 0.05) is 11.8 Å². The maximum atomic E-state index is 12.2. The highest BCUT2D eigenvalue weighted by Crippen LogP contribution is 2.18. The molecule has 7 heteroatoms. The summed E-state index contributed by atoms with van der Waals surface area (Å²) in [5.74, 6) is 0. The molecule has 0 aliphatic rings. The zero-order chi connectivity index (χ0) is 11.7. The third-order valence-electron chi connectivity index (χ3n) is 2.42. The normalized spacial score (nSPS) is 11.1. The molecule has 0 aromatic carbocycles. The third kappa shape index (κ3) is 1.75. The summed E-state index contributed by atoms with van der Waals surface area (Å²) < 4.78 is 13.7. The van der Waals surface area contributed by atoms with Crippen LogP contribution in [-0.4, -0.2) is 36.8 Å². The number of aromatic nitrogens is 6. The quantitative estimate of drug-likeness (QED) is 0.736. The number of halogens is 1. The minimum absolute atomic E-state index is 0.256. The molecule has 0 fully saturated rings. The summed E-state index contributed by atoms with van der Waals surface area (Å²) in [5.41, 5.74) is 2.85. The van der Waals surface area contributed by atoms with Crippen molar-refractivity contribution in [3.8, 4) is 11.3 Å². The van der Waals surface area contributed by atoms with Gasteiger partial charge < -0.3 is 0 Å². The Bertz CT molecular complexity index is 643. The van der Waals surface area contributed by atoms with Gasteiger partial charge in [0.1, 0.15) is 12.2 Å². The number of pyridine rings is 1. The van der Waals surface area contributed by atoms with E-state index in [-0.39, 0.29) is 6.54 Å². The zero-order valence-electron chi connectivity index (χ0n) is 8.84. The van der Waals surface area contributed by atoms with Gasteiger partial charge in [-0.15, -0.1) is 5.10 Å². The highest BCUT2D eigenvalue weighted by Gasteiger charge is 2.06. The molecule has 0 atom stereocenters. The number of aryl methyl sites for hydroxylation is 1. The van der Waals surface area contributed by atoms with Crippen molar-refractivity contribution in [2.75, 3.05) is 6.67 Å². The Kier molecular flexibility index (Phi) is 2.28. The lowest BCUT2D eigenvalue weighted by molar-refractivity contribution is 0.427. The van der Waals surface area contributed by atoms with E-state index >= 15 is 0 Å². The molecule has 0 bridgehead atoms. The van der Waals surface area contributed by atoms with Crippen LogP contribution in [0.15, 0.2) is 24.5 Å². The van der Waals surface area contributed by atoms with Crippen LogP contribution in [0.2, 0.25) is 0 Å². The summed E-state index contributed by atoms with van der Waals surface area (Å²) in [7, 11) is 0. The van der Waals surface area contributed by atoms with E-state index in [4.69, 9.17) is 0 Å². The lowest BCUT2D eigenvalue weighted by atomic mass is 10.2. The molecule has 1 N–H and O–H groups in total. The fourth-order valence-electron chi connectivity index (χ4n) is 1.60. The number of aromatic amines is 1. The molecule has 3 rings (SSSR count). The van der Waals surface area contributed by atoms with E-state index in [1.807, 2.05) is 12.1 Å². The number of hydrogen-bond acceptors (Lipinski definition) is 4. The van der Waals surface area contributed by atoms with Gasteiger partial charge in [0.15, 0.2) is 0 Å². The van der Waals surface area contributed by atoms with Gasteiger partial charge >= 0.3 is 0 Å². The molecule has 0 saturated heterocycles. The molecule has 3 aromatic rings. The van der Waals surface area contributed by atoms with Gasteiger partial charge in [-0.2, -0.15) is 15.4 Å². The van der Waals surface area contributed by atoms with E-state index in [1.54, 1.807) is 17.1 Å². The predicted molar refractivity (Wildman–Crippen MR) is 58.9 cm³/mol. The molecule has 0 aliphatic heterocycles. The van der Waals surface area contributed by atoms with Crippen LogP contribution in [0.1, 0.15) is 0 Å². The molecule has 0 spiro atoms. The van der Waals surface area contributed by atoms with Crippen molar-refractivity contribution >= 4 is 11.2 Å². The average Bonchev–Trinajstić information content (AvgIpc) is 2.96. The Morgan fingerprint density at radius 2 is 2.24 bits per heavy atom. The highest BCUT2D eigenvalue weighted by molar-refractivity contribution is 5.73. The van der Waals surface area contributed by atoms with E-state index in [1.165, 1.54) is 0 Å². The van der Waals surface area contributed by atoms with Crippen molar-refractivity contribution in [2.24, 2.45) is 0 Å². The van der Waals surface area contributed by atoms with Gasteiger partial charge in [0.25, 0.3) is 0 Å². The number of alkyl halides is 1. The number of nitrogens with one attached hydrogen (secondary N) is 1. The second-order valence-corrected chi connectivity index (χ2v) is 3.54. The minimum Gasteiger partial charge on any atom is -0.269 e. The van der Waals surface area contributed by atoms with E-state index in [0.29, 0.717) is 11.2 Å². The van der Waals surface area contributed by atoms with Gasteiger partial charge in [-0.25, -0.2) is 9.37 Å². The minimum atomic E-state index is -0.434. The van der Waals surface area contributed by atoms with Crippen LogP contribution in [0.25, 0.3) is 22.4 Å². The molecule has 0 saturated carbocycles. The van der Waals surface area contributed by atoms with Crippen LogP contribution in [-0.2, 0) is 6.54 Å². The molecule has 3 heterocycles. The molecule has 6 nitrogen and oxygen atoms in total. The first-order valence-corrected chi connectivity index (χ1v) is 5.13. The van der Waals surface area contributed by atoms with Crippen LogP contribution in [0, 0.1) is 0 Å². The first-order chi connectivity index (χ1) is 8.36. The van der Waals surface area contributed by atoms with Crippen LogP contribution in [0.4, 0.5) is 4.39 Å². The fraction of sp³-hybridized carbons (Fsp3) is 0.200. The average molecular weight is 232 g/mol. The Morgan fingerprint density at radius 1 is 1.29 bits per heavy atom. The molecular weight excluding hydrogens is 223 g/mol. The van der Waals surface area contributed by atoms with Gasteiger partial charge in [0.05, 0.1) is 18.4 Å². The predicted octanol–water partition coefficient (Wildman–Crippen LogP) is 1.19. The van der Waals surface area contributed by atoms with Crippen molar-refractivity contribution in [1.82, 2.24) is 30.2 Å². The lowest BCUT2D eigenvalue weighted by Crippen LogP contribution is -1.98. The number of hydrogen-bond donors (Lipinski definition) is 1. The smallest absolute Gasteiger partial charge is 0.202 e.